The summed E-state index contributed by atoms with van der Waals surface area (Å²) in [5, 5.41) is 3.22. The van der Waals surface area contributed by atoms with Crippen molar-refractivity contribution in [3.8, 4) is 5.75 Å². The van der Waals surface area contributed by atoms with Crippen LogP contribution in [0.4, 0.5) is 11.4 Å². The number of nitrogens with one attached hydrogen (secondary N) is 2. The van der Waals surface area contributed by atoms with Crippen LogP contribution in [0.1, 0.15) is 21.5 Å². The number of carbonyl (C=O) groups is 1. The van der Waals surface area contributed by atoms with E-state index in [1.165, 1.54) is 43.5 Å². The molecule has 3 rings (SSSR count). The molecule has 0 bridgehead atoms. The number of aryl methyl sites for hydroxylation is 2. The van der Waals surface area contributed by atoms with Gasteiger partial charge in [-0.2, -0.15) is 0 Å². The number of hydrogen-bond donors (Lipinski definition) is 2. The lowest BCUT2D eigenvalue weighted by atomic mass is 10.1. The van der Waals surface area contributed by atoms with Gasteiger partial charge < -0.3 is 10.1 Å². The van der Waals surface area contributed by atoms with Gasteiger partial charge in [0.1, 0.15) is 5.75 Å². The summed E-state index contributed by atoms with van der Waals surface area (Å²) < 4.78 is 33.9. The molecule has 31 heavy (non-hydrogen) atoms. The molecule has 0 unspecified atom stereocenters. The third-order valence-corrected chi connectivity index (χ3v) is 6.52. The zero-order valence-corrected chi connectivity index (χ0v) is 19.3. The van der Waals surface area contributed by atoms with Crippen LogP contribution < -0.4 is 14.8 Å². The van der Waals surface area contributed by atoms with E-state index >= 15 is 0 Å². The van der Waals surface area contributed by atoms with Gasteiger partial charge >= 0.3 is 0 Å². The highest BCUT2D eigenvalue weighted by atomic mass is 35.5. The predicted octanol–water partition coefficient (Wildman–Crippen LogP) is 5.67. The molecule has 162 valence electrons. The Bertz CT molecular complexity index is 1240. The number of methoxy groups -OCH3 is 1. The van der Waals surface area contributed by atoms with E-state index in [1.54, 1.807) is 0 Å². The molecule has 9 heteroatoms. The lowest BCUT2D eigenvalue weighted by Gasteiger charge is -2.16. The molecule has 0 aliphatic rings. The van der Waals surface area contributed by atoms with Gasteiger partial charge in [-0.15, -0.1) is 0 Å². The summed E-state index contributed by atoms with van der Waals surface area (Å²) in [5.74, 6) is -0.235. The van der Waals surface area contributed by atoms with Crippen molar-refractivity contribution in [1.82, 2.24) is 0 Å². The monoisotopic (exact) mass is 478 g/mol. The molecule has 6 nitrogen and oxygen atoms in total. The zero-order valence-electron chi connectivity index (χ0n) is 17.0. The highest BCUT2D eigenvalue weighted by Gasteiger charge is 2.20. The Kier molecular flexibility index (Phi) is 6.79. The number of rotatable bonds is 6. The Labute approximate surface area is 191 Å². The second kappa shape index (κ2) is 9.18. The summed E-state index contributed by atoms with van der Waals surface area (Å²) in [4.78, 5) is 12.7. The number of para-hydroxylation sites is 1. The number of anilines is 2. The van der Waals surface area contributed by atoms with E-state index in [0.717, 1.165) is 11.1 Å². The van der Waals surface area contributed by atoms with E-state index in [1.807, 2.05) is 32.0 Å². The molecular formula is C22H20Cl2N2O4S. The van der Waals surface area contributed by atoms with Gasteiger partial charge in [0.25, 0.3) is 15.9 Å². The van der Waals surface area contributed by atoms with E-state index in [-0.39, 0.29) is 21.2 Å². The van der Waals surface area contributed by atoms with Crippen LogP contribution in [-0.4, -0.2) is 21.4 Å². The largest absolute Gasteiger partial charge is 0.495 e. The molecule has 0 heterocycles. The summed E-state index contributed by atoms with van der Waals surface area (Å²) in [5.41, 5.74) is 2.47. The normalized spacial score (nSPS) is 11.1. The maximum Gasteiger partial charge on any atom is 0.261 e. The molecule has 1 amide bonds. The summed E-state index contributed by atoms with van der Waals surface area (Å²) in [6, 6.07) is 14.2. The van der Waals surface area contributed by atoms with Gasteiger partial charge in [-0.05, 0) is 61.4 Å². The average Bonchev–Trinajstić information content (AvgIpc) is 2.70. The lowest BCUT2D eigenvalue weighted by molar-refractivity contribution is 0.102. The van der Waals surface area contributed by atoms with Gasteiger partial charge in [0.05, 0.1) is 34.0 Å². The number of carbonyl (C=O) groups excluding carboxylic acids is 1. The van der Waals surface area contributed by atoms with E-state index in [9.17, 15) is 13.2 Å². The number of ether oxygens (including phenoxy) is 1. The molecule has 2 N–H and O–H groups in total. The fraction of sp³-hybridized carbons (Fsp3) is 0.136. The maximum absolute atomic E-state index is 13.0. The summed E-state index contributed by atoms with van der Waals surface area (Å²) in [7, 11) is -2.50. The highest BCUT2D eigenvalue weighted by Crippen LogP contribution is 2.31. The molecule has 0 saturated heterocycles. The third kappa shape index (κ3) is 5.12. The van der Waals surface area contributed by atoms with Gasteiger partial charge in [0.15, 0.2) is 0 Å². The van der Waals surface area contributed by atoms with Crippen molar-refractivity contribution < 1.29 is 17.9 Å². The molecule has 0 fully saturated rings. The maximum atomic E-state index is 13.0. The second-order valence-electron chi connectivity index (χ2n) is 6.81. The average molecular weight is 479 g/mol. The van der Waals surface area contributed by atoms with Crippen molar-refractivity contribution in [2.45, 2.75) is 18.7 Å². The molecule has 0 atom stereocenters. The standard InChI is InChI=1S/C22H20Cl2N2O4S/c1-13-5-4-6-14(2)21(13)26-31(28,29)16-8-10-20(30-3)19(12-16)25-22(27)17-9-7-15(23)11-18(17)24/h4-12,26H,1-3H3,(H,25,27). The molecule has 0 radical (unpaired) electrons. The van der Waals surface area contributed by atoms with Gasteiger partial charge in [-0.1, -0.05) is 41.4 Å². The predicted molar refractivity (Wildman–Crippen MR) is 124 cm³/mol. The van der Waals surface area contributed by atoms with Gasteiger partial charge in [-0.25, -0.2) is 8.42 Å². The van der Waals surface area contributed by atoms with Crippen LogP contribution in [0.5, 0.6) is 5.75 Å². The van der Waals surface area contributed by atoms with E-state index in [0.29, 0.717) is 16.5 Å². The Morgan fingerprint density at radius 3 is 2.26 bits per heavy atom. The number of benzene rings is 3. The first-order valence-electron chi connectivity index (χ1n) is 9.16. The van der Waals surface area contributed by atoms with Gasteiger partial charge in [0.2, 0.25) is 0 Å². The Balaban J connectivity index is 1.95. The van der Waals surface area contributed by atoms with Crippen LogP contribution in [0.3, 0.4) is 0 Å². The topological polar surface area (TPSA) is 84.5 Å². The molecule has 0 aliphatic heterocycles. The van der Waals surface area contributed by atoms with Crippen molar-refractivity contribution in [2.75, 3.05) is 17.1 Å². The van der Waals surface area contributed by atoms with E-state index in [4.69, 9.17) is 27.9 Å². The summed E-state index contributed by atoms with van der Waals surface area (Å²) in [6.45, 7) is 3.64. The summed E-state index contributed by atoms with van der Waals surface area (Å²) in [6.07, 6.45) is 0. The van der Waals surface area contributed by atoms with Crippen molar-refractivity contribution in [3.05, 3.63) is 81.3 Å². The molecule has 0 aromatic heterocycles. The Morgan fingerprint density at radius 2 is 1.65 bits per heavy atom. The molecule has 0 spiro atoms. The fourth-order valence-corrected chi connectivity index (χ4v) is 4.71. The quantitative estimate of drug-likeness (QED) is 0.477. The molecule has 3 aromatic rings. The van der Waals surface area contributed by atoms with Gasteiger partial charge in [0, 0.05) is 5.02 Å². The van der Waals surface area contributed by atoms with Crippen molar-refractivity contribution in [3.63, 3.8) is 0 Å². The van der Waals surface area contributed by atoms with Crippen molar-refractivity contribution in [1.29, 1.82) is 0 Å². The minimum absolute atomic E-state index is 0.0338. The van der Waals surface area contributed by atoms with E-state index < -0.39 is 15.9 Å². The van der Waals surface area contributed by atoms with Crippen molar-refractivity contribution >= 4 is 50.5 Å². The minimum atomic E-state index is -3.92. The van der Waals surface area contributed by atoms with Crippen LogP contribution in [0.2, 0.25) is 10.0 Å². The number of amides is 1. The summed E-state index contributed by atoms with van der Waals surface area (Å²) >= 11 is 12.0. The number of halogens is 2. The Hall–Kier alpha value is -2.74. The smallest absolute Gasteiger partial charge is 0.261 e. The number of hydrogen-bond acceptors (Lipinski definition) is 4. The first kappa shape index (κ1) is 22.9. The highest BCUT2D eigenvalue weighted by molar-refractivity contribution is 7.92. The lowest BCUT2D eigenvalue weighted by Crippen LogP contribution is -2.17. The Morgan fingerprint density at radius 1 is 0.968 bits per heavy atom. The zero-order chi connectivity index (χ0) is 22.8. The van der Waals surface area contributed by atoms with E-state index in [2.05, 4.69) is 10.0 Å². The van der Waals surface area contributed by atoms with Crippen LogP contribution in [0.25, 0.3) is 0 Å². The fourth-order valence-electron chi connectivity index (χ4n) is 2.98. The van der Waals surface area contributed by atoms with Crippen LogP contribution in [-0.2, 0) is 10.0 Å². The van der Waals surface area contributed by atoms with Gasteiger partial charge in [-0.3, -0.25) is 9.52 Å². The first-order valence-corrected chi connectivity index (χ1v) is 11.4. The molecule has 3 aromatic carbocycles. The van der Waals surface area contributed by atoms with Crippen LogP contribution in [0, 0.1) is 13.8 Å². The first-order chi connectivity index (χ1) is 14.6. The number of sulfonamides is 1. The minimum Gasteiger partial charge on any atom is -0.495 e. The van der Waals surface area contributed by atoms with Crippen LogP contribution in [0.15, 0.2) is 59.5 Å². The second-order valence-corrected chi connectivity index (χ2v) is 9.34. The molecule has 0 saturated carbocycles. The third-order valence-electron chi connectivity index (χ3n) is 4.62. The molecular weight excluding hydrogens is 459 g/mol. The molecule has 0 aliphatic carbocycles. The van der Waals surface area contributed by atoms with Crippen LogP contribution >= 0.6 is 23.2 Å². The SMILES string of the molecule is COc1ccc(S(=O)(=O)Nc2c(C)cccc2C)cc1NC(=O)c1ccc(Cl)cc1Cl. The van der Waals surface area contributed by atoms with Crippen molar-refractivity contribution in [2.24, 2.45) is 0 Å².